The van der Waals surface area contributed by atoms with E-state index in [0.29, 0.717) is 17.4 Å². The van der Waals surface area contributed by atoms with Crippen LogP contribution < -0.4 is 16.0 Å². The van der Waals surface area contributed by atoms with Crippen LogP contribution in [-0.2, 0) is 17.8 Å². The first-order valence-electron chi connectivity index (χ1n) is 5.98. The average Bonchev–Trinajstić information content (AvgIpc) is 2.46. The average molecular weight is 292 g/mol. The van der Waals surface area contributed by atoms with Crippen molar-refractivity contribution in [3.8, 4) is 5.75 Å². The molecule has 0 aliphatic carbocycles. The first-order chi connectivity index (χ1) is 9.69. The fourth-order valence-corrected chi connectivity index (χ4v) is 1.89. The monoisotopic (exact) mass is 291 g/mol. The van der Waals surface area contributed by atoms with E-state index >= 15 is 0 Å². The maximum absolute atomic E-state index is 11.3. The van der Waals surface area contributed by atoms with Crippen molar-refractivity contribution in [2.45, 2.75) is 13.0 Å². The standard InChI is InChI=1S/C14H14ClN3O2/c15-12-6-13(8-17-7-12)20-9-11-4-2-1-3-10(11)5-14(19)18-16/h1-4,6-8H,5,9,16H2,(H,18,19). The second-order valence-electron chi connectivity index (χ2n) is 4.14. The van der Waals surface area contributed by atoms with E-state index in [9.17, 15) is 4.79 Å². The van der Waals surface area contributed by atoms with Crippen molar-refractivity contribution in [3.63, 3.8) is 0 Å². The summed E-state index contributed by atoms with van der Waals surface area (Å²) in [6.07, 6.45) is 3.33. The lowest BCUT2D eigenvalue weighted by Gasteiger charge is -2.10. The van der Waals surface area contributed by atoms with Crippen molar-refractivity contribution in [1.82, 2.24) is 10.4 Å². The van der Waals surface area contributed by atoms with Gasteiger partial charge in [-0.2, -0.15) is 0 Å². The summed E-state index contributed by atoms with van der Waals surface area (Å²) in [5.74, 6) is 5.43. The fourth-order valence-electron chi connectivity index (χ4n) is 1.73. The molecule has 104 valence electrons. The molecule has 1 amide bonds. The molecule has 0 aliphatic rings. The molecule has 5 nitrogen and oxygen atoms in total. The second-order valence-corrected chi connectivity index (χ2v) is 4.58. The summed E-state index contributed by atoms with van der Waals surface area (Å²) in [5.41, 5.74) is 3.89. The first kappa shape index (κ1) is 14.3. The Balaban J connectivity index is 2.07. The Morgan fingerprint density at radius 3 is 2.75 bits per heavy atom. The smallest absolute Gasteiger partial charge is 0.238 e. The normalized spacial score (nSPS) is 10.1. The lowest BCUT2D eigenvalue weighted by atomic mass is 10.1. The Labute approximate surface area is 121 Å². The van der Waals surface area contributed by atoms with Gasteiger partial charge in [0.25, 0.3) is 0 Å². The zero-order valence-corrected chi connectivity index (χ0v) is 11.4. The van der Waals surface area contributed by atoms with Gasteiger partial charge >= 0.3 is 0 Å². The molecule has 0 spiro atoms. The van der Waals surface area contributed by atoms with Gasteiger partial charge in [0.2, 0.25) is 5.91 Å². The third-order valence-corrected chi connectivity index (χ3v) is 2.91. The van der Waals surface area contributed by atoms with E-state index in [0.717, 1.165) is 11.1 Å². The third kappa shape index (κ3) is 3.94. The molecule has 0 unspecified atom stereocenters. The van der Waals surface area contributed by atoms with Crippen LogP contribution in [0, 0.1) is 0 Å². The quantitative estimate of drug-likeness (QED) is 0.501. The molecule has 1 aromatic carbocycles. The van der Waals surface area contributed by atoms with E-state index in [-0.39, 0.29) is 12.3 Å². The number of nitrogens with one attached hydrogen (secondary N) is 1. The molecule has 0 aliphatic heterocycles. The topological polar surface area (TPSA) is 77.2 Å². The van der Waals surface area contributed by atoms with Crippen molar-refractivity contribution >= 4 is 17.5 Å². The number of hydrazine groups is 1. The number of rotatable bonds is 5. The lowest BCUT2D eigenvalue weighted by Crippen LogP contribution is -2.31. The van der Waals surface area contributed by atoms with Crippen LogP contribution in [0.15, 0.2) is 42.7 Å². The Kier molecular flexibility index (Phi) is 4.92. The molecule has 0 saturated heterocycles. The van der Waals surface area contributed by atoms with Gasteiger partial charge in [0.05, 0.1) is 17.6 Å². The van der Waals surface area contributed by atoms with E-state index in [1.807, 2.05) is 24.3 Å². The summed E-state index contributed by atoms with van der Waals surface area (Å²) in [6, 6.07) is 9.20. The molecule has 20 heavy (non-hydrogen) atoms. The number of benzene rings is 1. The molecule has 0 atom stereocenters. The van der Waals surface area contributed by atoms with Crippen LogP contribution in [0.5, 0.6) is 5.75 Å². The van der Waals surface area contributed by atoms with Gasteiger partial charge in [-0.3, -0.25) is 15.2 Å². The van der Waals surface area contributed by atoms with E-state index in [1.54, 1.807) is 12.3 Å². The van der Waals surface area contributed by atoms with E-state index in [2.05, 4.69) is 10.4 Å². The van der Waals surface area contributed by atoms with Crippen LogP contribution in [0.4, 0.5) is 0 Å². The molecule has 0 saturated carbocycles. The summed E-state index contributed by atoms with van der Waals surface area (Å²) >= 11 is 5.84. The molecule has 0 radical (unpaired) electrons. The molecule has 0 fully saturated rings. The third-order valence-electron chi connectivity index (χ3n) is 2.70. The summed E-state index contributed by atoms with van der Waals surface area (Å²) in [5, 5.41) is 0.512. The number of nitrogens with zero attached hydrogens (tertiary/aromatic N) is 1. The Hall–Kier alpha value is -2.11. The number of nitrogens with two attached hydrogens (primary N) is 1. The zero-order chi connectivity index (χ0) is 14.4. The molecule has 2 aromatic rings. The van der Waals surface area contributed by atoms with Crippen LogP contribution in [0.2, 0.25) is 5.02 Å². The van der Waals surface area contributed by atoms with E-state index in [4.69, 9.17) is 22.2 Å². The van der Waals surface area contributed by atoms with Gasteiger partial charge < -0.3 is 4.74 Å². The molecule has 1 heterocycles. The predicted octanol–water partition coefficient (Wildman–Crippen LogP) is 1.85. The highest BCUT2D eigenvalue weighted by Gasteiger charge is 2.07. The highest BCUT2D eigenvalue weighted by Crippen LogP contribution is 2.18. The van der Waals surface area contributed by atoms with Crippen LogP contribution in [0.1, 0.15) is 11.1 Å². The number of carbonyl (C=O) groups excluding carboxylic acids is 1. The van der Waals surface area contributed by atoms with Crippen molar-refractivity contribution < 1.29 is 9.53 Å². The molecular weight excluding hydrogens is 278 g/mol. The highest BCUT2D eigenvalue weighted by molar-refractivity contribution is 6.30. The predicted molar refractivity (Wildman–Crippen MR) is 76.1 cm³/mol. The number of carbonyl (C=O) groups is 1. The molecule has 3 N–H and O–H groups in total. The number of pyridine rings is 1. The largest absolute Gasteiger partial charge is 0.487 e. The Morgan fingerprint density at radius 1 is 1.30 bits per heavy atom. The minimum atomic E-state index is -0.248. The maximum Gasteiger partial charge on any atom is 0.238 e. The van der Waals surface area contributed by atoms with Gasteiger partial charge in [0, 0.05) is 12.3 Å². The summed E-state index contributed by atoms with van der Waals surface area (Å²) in [6.45, 7) is 0.329. The van der Waals surface area contributed by atoms with Gasteiger partial charge in [-0.15, -0.1) is 0 Å². The zero-order valence-electron chi connectivity index (χ0n) is 10.7. The minimum absolute atomic E-state index is 0.212. The summed E-state index contributed by atoms with van der Waals surface area (Å²) < 4.78 is 5.62. The number of ether oxygens (including phenoxy) is 1. The number of hydrogen-bond donors (Lipinski definition) is 2. The van der Waals surface area contributed by atoms with Gasteiger partial charge in [0.1, 0.15) is 12.4 Å². The molecule has 6 heteroatoms. The van der Waals surface area contributed by atoms with Crippen LogP contribution in [0.3, 0.4) is 0 Å². The molecule has 2 rings (SSSR count). The van der Waals surface area contributed by atoms with Crippen molar-refractivity contribution in [1.29, 1.82) is 0 Å². The Morgan fingerprint density at radius 2 is 2.05 bits per heavy atom. The van der Waals surface area contributed by atoms with Gasteiger partial charge in [-0.05, 0) is 11.1 Å². The highest BCUT2D eigenvalue weighted by atomic mass is 35.5. The minimum Gasteiger partial charge on any atom is -0.487 e. The van der Waals surface area contributed by atoms with Gasteiger partial charge in [-0.25, -0.2) is 5.84 Å². The van der Waals surface area contributed by atoms with E-state index < -0.39 is 0 Å². The molecular formula is C14H14ClN3O2. The number of hydrogen-bond acceptors (Lipinski definition) is 4. The first-order valence-corrected chi connectivity index (χ1v) is 6.36. The van der Waals surface area contributed by atoms with Crippen LogP contribution in [0.25, 0.3) is 0 Å². The maximum atomic E-state index is 11.3. The number of amides is 1. The van der Waals surface area contributed by atoms with Gasteiger partial charge in [-0.1, -0.05) is 35.9 Å². The van der Waals surface area contributed by atoms with E-state index in [1.165, 1.54) is 6.20 Å². The lowest BCUT2D eigenvalue weighted by molar-refractivity contribution is -0.120. The SMILES string of the molecule is NNC(=O)Cc1ccccc1COc1cncc(Cl)c1. The molecule has 0 bridgehead atoms. The van der Waals surface area contributed by atoms with Crippen LogP contribution >= 0.6 is 11.6 Å². The van der Waals surface area contributed by atoms with Crippen molar-refractivity contribution in [2.24, 2.45) is 5.84 Å². The number of aromatic nitrogens is 1. The Bertz CT molecular complexity index is 604. The summed E-state index contributed by atoms with van der Waals surface area (Å²) in [7, 11) is 0. The van der Waals surface area contributed by atoms with Gasteiger partial charge in [0.15, 0.2) is 0 Å². The molecule has 1 aromatic heterocycles. The summed E-state index contributed by atoms with van der Waals surface area (Å²) in [4.78, 5) is 15.3. The van der Waals surface area contributed by atoms with Crippen LogP contribution in [-0.4, -0.2) is 10.9 Å². The van der Waals surface area contributed by atoms with Crippen molar-refractivity contribution in [2.75, 3.05) is 0 Å². The number of halogens is 1. The fraction of sp³-hybridized carbons (Fsp3) is 0.143. The van der Waals surface area contributed by atoms with Crippen molar-refractivity contribution in [3.05, 3.63) is 58.9 Å². The second kappa shape index (κ2) is 6.88.